The number of pyridine rings is 1. The molecule has 110 valence electrons. The molecule has 0 radical (unpaired) electrons. The van der Waals surface area contributed by atoms with E-state index in [4.69, 9.17) is 17.3 Å². The topological polar surface area (TPSA) is 85.1 Å². The van der Waals surface area contributed by atoms with Crippen molar-refractivity contribution in [1.29, 1.82) is 0 Å². The molecule has 0 saturated carbocycles. The van der Waals surface area contributed by atoms with Gasteiger partial charge in [-0.25, -0.2) is 13.1 Å². The number of nitrogens with one attached hydrogen (secondary N) is 1. The smallest absolute Gasteiger partial charge is 0.242 e. The predicted octanol–water partition coefficient (Wildman–Crippen LogP) is 1.95. The summed E-state index contributed by atoms with van der Waals surface area (Å²) in [7, 11) is -3.65. The average molecular weight is 328 g/mol. The van der Waals surface area contributed by atoms with E-state index in [0.717, 1.165) is 0 Å². The van der Waals surface area contributed by atoms with Crippen molar-refractivity contribution in [3.8, 4) is 0 Å². The number of aromatic nitrogens is 1. The Hall–Kier alpha value is -0.400. The van der Waals surface area contributed by atoms with Gasteiger partial charge in [-0.15, -0.1) is 12.4 Å². The van der Waals surface area contributed by atoms with E-state index in [9.17, 15) is 8.42 Å². The molecule has 3 N–H and O–H groups in total. The van der Waals surface area contributed by atoms with Gasteiger partial charge in [-0.05, 0) is 18.9 Å². The Kier molecular flexibility index (Phi) is 7.24. The van der Waals surface area contributed by atoms with Gasteiger partial charge in [-0.2, -0.15) is 0 Å². The van der Waals surface area contributed by atoms with Gasteiger partial charge in [0.1, 0.15) is 4.90 Å². The van der Waals surface area contributed by atoms with Crippen LogP contribution in [0.5, 0.6) is 0 Å². The van der Waals surface area contributed by atoms with Crippen LogP contribution in [-0.2, 0) is 10.0 Å². The number of nitrogens with zero attached hydrogens (tertiary/aromatic N) is 1. The molecular formula is C11H19Cl2N3O2S. The van der Waals surface area contributed by atoms with E-state index in [1.54, 1.807) is 0 Å². The van der Waals surface area contributed by atoms with Crippen molar-refractivity contribution >= 4 is 34.0 Å². The molecule has 0 amide bonds. The Balaban J connectivity index is 0.00000324. The number of sulfonamides is 1. The average Bonchev–Trinajstić information content (AvgIpc) is 2.36. The van der Waals surface area contributed by atoms with Crippen molar-refractivity contribution in [2.24, 2.45) is 5.73 Å². The molecule has 5 nitrogen and oxygen atoms in total. The van der Waals surface area contributed by atoms with Crippen molar-refractivity contribution in [3.63, 3.8) is 0 Å². The monoisotopic (exact) mass is 327 g/mol. The molecule has 1 heterocycles. The molecule has 0 unspecified atom stereocenters. The summed E-state index contributed by atoms with van der Waals surface area (Å²) in [6.07, 6.45) is 3.89. The Bertz CT molecular complexity index is 496. The van der Waals surface area contributed by atoms with Crippen molar-refractivity contribution < 1.29 is 8.42 Å². The van der Waals surface area contributed by atoms with Gasteiger partial charge < -0.3 is 5.73 Å². The molecule has 1 rings (SSSR count). The third-order valence-corrected chi connectivity index (χ3v) is 4.84. The second kappa shape index (κ2) is 7.40. The number of nitrogens with two attached hydrogens (primary N) is 1. The fourth-order valence-corrected chi connectivity index (χ4v) is 3.39. The van der Waals surface area contributed by atoms with Crippen LogP contribution in [0.2, 0.25) is 5.02 Å². The van der Waals surface area contributed by atoms with Crippen LogP contribution in [0.15, 0.2) is 23.4 Å². The number of halogens is 2. The van der Waals surface area contributed by atoms with Gasteiger partial charge in [0.2, 0.25) is 10.0 Å². The molecule has 0 aliphatic carbocycles. The van der Waals surface area contributed by atoms with E-state index in [2.05, 4.69) is 9.71 Å². The van der Waals surface area contributed by atoms with Crippen LogP contribution in [0.1, 0.15) is 26.7 Å². The standard InChI is InChI=1S/C11H18ClN3O2S.ClH/c1-3-11(4-2,8-13)15-18(16,17)10-5-9(12)6-14-7-10;/h5-7,15H,3-4,8,13H2,1-2H3;1H. The van der Waals surface area contributed by atoms with Crippen molar-refractivity contribution in [1.82, 2.24) is 9.71 Å². The largest absolute Gasteiger partial charge is 0.329 e. The third-order valence-electron chi connectivity index (χ3n) is 3.09. The maximum atomic E-state index is 12.2. The number of hydrogen-bond donors (Lipinski definition) is 2. The van der Waals surface area contributed by atoms with E-state index in [1.165, 1.54) is 18.5 Å². The lowest BCUT2D eigenvalue weighted by Gasteiger charge is -2.30. The summed E-state index contributed by atoms with van der Waals surface area (Å²) >= 11 is 5.74. The minimum absolute atomic E-state index is 0. The van der Waals surface area contributed by atoms with Crippen molar-refractivity contribution in [2.45, 2.75) is 37.1 Å². The van der Waals surface area contributed by atoms with Crippen LogP contribution in [0, 0.1) is 0 Å². The molecule has 1 aromatic rings. The molecule has 1 aromatic heterocycles. The van der Waals surface area contributed by atoms with E-state index in [1.807, 2.05) is 13.8 Å². The second-order valence-electron chi connectivity index (χ2n) is 4.14. The highest BCUT2D eigenvalue weighted by Gasteiger charge is 2.30. The Morgan fingerprint density at radius 2 is 1.95 bits per heavy atom. The first-order valence-corrected chi connectivity index (χ1v) is 7.60. The third kappa shape index (κ3) is 4.57. The van der Waals surface area contributed by atoms with Gasteiger partial charge in [-0.1, -0.05) is 25.4 Å². The minimum atomic E-state index is -3.65. The molecule has 0 fully saturated rings. The molecule has 19 heavy (non-hydrogen) atoms. The summed E-state index contributed by atoms with van der Waals surface area (Å²) in [5.41, 5.74) is 5.05. The Labute approximate surface area is 125 Å². The lowest BCUT2D eigenvalue weighted by Crippen LogP contribution is -2.52. The normalized spacial score (nSPS) is 12.0. The van der Waals surface area contributed by atoms with Gasteiger partial charge in [0.25, 0.3) is 0 Å². The highest BCUT2D eigenvalue weighted by Crippen LogP contribution is 2.19. The maximum absolute atomic E-state index is 12.2. The van der Waals surface area contributed by atoms with Gasteiger partial charge in [-0.3, -0.25) is 4.98 Å². The lowest BCUT2D eigenvalue weighted by atomic mass is 9.95. The van der Waals surface area contributed by atoms with Crippen LogP contribution < -0.4 is 10.5 Å². The molecule has 0 aliphatic rings. The molecule has 0 spiro atoms. The molecular weight excluding hydrogens is 309 g/mol. The summed E-state index contributed by atoms with van der Waals surface area (Å²) in [5, 5.41) is 0.282. The van der Waals surface area contributed by atoms with E-state index in [0.29, 0.717) is 12.8 Å². The van der Waals surface area contributed by atoms with Gasteiger partial charge in [0.15, 0.2) is 0 Å². The highest BCUT2D eigenvalue weighted by molar-refractivity contribution is 7.89. The van der Waals surface area contributed by atoms with Crippen molar-refractivity contribution in [3.05, 3.63) is 23.5 Å². The Morgan fingerprint density at radius 3 is 2.37 bits per heavy atom. The van der Waals surface area contributed by atoms with Crippen LogP contribution in [0.3, 0.4) is 0 Å². The summed E-state index contributed by atoms with van der Waals surface area (Å²) in [5.74, 6) is 0. The molecule has 0 bridgehead atoms. The number of rotatable bonds is 6. The van der Waals surface area contributed by atoms with Gasteiger partial charge >= 0.3 is 0 Å². The molecule has 8 heteroatoms. The van der Waals surface area contributed by atoms with Crippen LogP contribution in [0.25, 0.3) is 0 Å². The van der Waals surface area contributed by atoms with Gasteiger partial charge in [0, 0.05) is 24.5 Å². The molecule has 0 saturated heterocycles. The predicted molar refractivity (Wildman–Crippen MR) is 79.2 cm³/mol. The minimum Gasteiger partial charge on any atom is -0.329 e. The van der Waals surface area contributed by atoms with E-state index >= 15 is 0 Å². The maximum Gasteiger partial charge on any atom is 0.242 e. The zero-order chi connectivity index (χ0) is 13.8. The second-order valence-corrected chi connectivity index (χ2v) is 6.25. The summed E-state index contributed by atoms with van der Waals surface area (Å²) < 4.78 is 27.1. The van der Waals surface area contributed by atoms with E-state index in [-0.39, 0.29) is 28.9 Å². The van der Waals surface area contributed by atoms with Crippen LogP contribution >= 0.6 is 24.0 Å². The molecule has 0 aliphatic heterocycles. The van der Waals surface area contributed by atoms with E-state index < -0.39 is 15.6 Å². The quantitative estimate of drug-likeness (QED) is 0.836. The molecule has 0 atom stereocenters. The summed E-state index contributed by atoms with van der Waals surface area (Å²) in [6, 6.07) is 1.36. The zero-order valence-electron chi connectivity index (χ0n) is 10.9. The first-order valence-electron chi connectivity index (χ1n) is 5.73. The van der Waals surface area contributed by atoms with Crippen LogP contribution in [-0.4, -0.2) is 25.5 Å². The molecule has 0 aromatic carbocycles. The summed E-state index contributed by atoms with van der Waals surface area (Å²) in [4.78, 5) is 3.83. The first kappa shape index (κ1) is 18.6. The fourth-order valence-electron chi connectivity index (χ4n) is 1.61. The zero-order valence-corrected chi connectivity index (χ0v) is 13.3. The Morgan fingerprint density at radius 1 is 1.37 bits per heavy atom. The lowest BCUT2D eigenvalue weighted by molar-refractivity contribution is 0.363. The summed E-state index contributed by atoms with van der Waals surface area (Å²) in [6.45, 7) is 4.04. The SMILES string of the molecule is CCC(CC)(CN)NS(=O)(=O)c1cncc(Cl)c1.Cl. The van der Waals surface area contributed by atoms with Gasteiger partial charge in [0.05, 0.1) is 5.02 Å². The van der Waals surface area contributed by atoms with Crippen molar-refractivity contribution in [2.75, 3.05) is 6.54 Å². The highest BCUT2D eigenvalue weighted by atomic mass is 35.5. The fraction of sp³-hybridized carbons (Fsp3) is 0.545. The number of hydrogen-bond acceptors (Lipinski definition) is 4. The van der Waals surface area contributed by atoms with Crippen LogP contribution in [0.4, 0.5) is 0 Å². The first-order chi connectivity index (χ1) is 8.39.